The topological polar surface area (TPSA) is 92.2 Å². The smallest absolute Gasteiger partial charge is 0.245 e. The Hall–Kier alpha value is -4.20. The number of imide groups is 1. The van der Waals surface area contributed by atoms with Gasteiger partial charge in [-0.15, -0.1) is 0 Å². The third-order valence-electron chi connectivity index (χ3n) is 8.37. The van der Waals surface area contributed by atoms with Crippen LogP contribution < -0.4 is 5.32 Å². The van der Waals surface area contributed by atoms with Crippen LogP contribution >= 0.6 is 15.9 Å². The highest BCUT2D eigenvalue weighted by molar-refractivity contribution is 9.10. The molecule has 2 aromatic heterocycles. The molecular weight excluding hydrogens is 566 g/mol. The number of allylic oxidation sites excluding steroid dienone is 2. The number of halogens is 1. The van der Waals surface area contributed by atoms with E-state index in [1.807, 2.05) is 91.0 Å². The van der Waals surface area contributed by atoms with Crippen LogP contribution in [0.3, 0.4) is 0 Å². The first-order chi connectivity index (χ1) is 19.5. The van der Waals surface area contributed by atoms with Crippen molar-refractivity contribution >= 4 is 33.3 Å². The number of carbonyl (C=O) groups is 2. The van der Waals surface area contributed by atoms with Gasteiger partial charge in [0.15, 0.2) is 5.60 Å². The molecule has 40 heavy (non-hydrogen) atoms. The number of rotatable bonds is 5. The molecule has 5 unspecified atom stereocenters. The number of nitrogens with one attached hydrogen (secondary N) is 1. The van der Waals surface area contributed by atoms with Gasteiger partial charge in [0.05, 0.1) is 17.3 Å². The summed E-state index contributed by atoms with van der Waals surface area (Å²) in [7, 11) is 0. The summed E-state index contributed by atoms with van der Waals surface area (Å²) in [6, 6.07) is 30.4. The van der Waals surface area contributed by atoms with Crippen molar-refractivity contribution in [2.24, 2.45) is 17.8 Å². The monoisotopic (exact) mass is 589 g/mol. The molecule has 1 aliphatic heterocycles. The molecular formula is C33H24BrN3O3. The summed E-state index contributed by atoms with van der Waals surface area (Å²) in [6.07, 6.45) is 5.36. The number of fused-ring (bicyclic) bond motifs is 5. The van der Waals surface area contributed by atoms with Gasteiger partial charge in [-0.3, -0.25) is 24.9 Å². The lowest BCUT2D eigenvalue weighted by molar-refractivity contribution is -0.126. The fourth-order valence-electron chi connectivity index (χ4n) is 6.74. The van der Waals surface area contributed by atoms with E-state index in [0.29, 0.717) is 16.8 Å². The SMILES string of the molecule is O=C1NC(=O)C2(Br)C3C=C(C(O)(c4ccccc4)c4ccccn4)C(C3=C(c3ccccc3)c3ccccn3)C12. The number of nitrogens with zero attached hydrogens (tertiary/aromatic N) is 2. The largest absolute Gasteiger partial charge is 0.375 e. The van der Waals surface area contributed by atoms with E-state index in [1.165, 1.54) is 0 Å². The van der Waals surface area contributed by atoms with E-state index in [2.05, 4.69) is 26.2 Å². The lowest BCUT2D eigenvalue weighted by Crippen LogP contribution is -2.44. The van der Waals surface area contributed by atoms with Gasteiger partial charge in [0, 0.05) is 29.8 Å². The normalized spacial score (nSPS) is 27.6. The van der Waals surface area contributed by atoms with Crippen molar-refractivity contribution in [1.82, 2.24) is 15.3 Å². The van der Waals surface area contributed by atoms with Crippen molar-refractivity contribution in [3.63, 3.8) is 0 Å². The third-order valence-corrected chi connectivity index (χ3v) is 9.72. The van der Waals surface area contributed by atoms with Crippen molar-refractivity contribution in [2.75, 3.05) is 0 Å². The maximum Gasteiger partial charge on any atom is 0.245 e. The van der Waals surface area contributed by atoms with Gasteiger partial charge in [0.1, 0.15) is 4.32 Å². The van der Waals surface area contributed by atoms with Gasteiger partial charge >= 0.3 is 0 Å². The Morgan fingerprint density at radius 2 is 1.50 bits per heavy atom. The molecule has 1 saturated heterocycles. The Labute approximate surface area is 239 Å². The highest BCUT2D eigenvalue weighted by atomic mass is 79.9. The summed E-state index contributed by atoms with van der Waals surface area (Å²) in [5.41, 5.74) is 3.47. The van der Waals surface area contributed by atoms with E-state index >= 15 is 0 Å². The minimum Gasteiger partial charge on any atom is -0.375 e. The summed E-state index contributed by atoms with van der Waals surface area (Å²) in [5.74, 6) is -2.60. The van der Waals surface area contributed by atoms with Gasteiger partial charge in [-0.05, 0) is 46.5 Å². The van der Waals surface area contributed by atoms with Gasteiger partial charge in [0.25, 0.3) is 0 Å². The molecule has 2 aliphatic carbocycles. The first kappa shape index (κ1) is 24.8. The minimum atomic E-state index is -1.64. The number of carbonyl (C=O) groups excluding carboxylic acids is 2. The Kier molecular flexibility index (Phi) is 5.70. The molecule has 1 saturated carbocycles. The van der Waals surface area contributed by atoms with Crippen molar-refractivity contribution in [3.05, 3.63) is 149 Å². The zero-order chi connectivity index (χ0) is 27.5. The molecule has 4 aromatic rings. The number of aliphatic hydroxyl groups is 1. The predicted octanol–water partition coefficient (Wildman–Crippen LogP) is 4.81. The second kappa shape index (κ2) is 9.18. The van der Waals surface area contributed by atoms with Crippen LogP contribution in [0.4, 0.5) is 0 Å². The van der Waals surface area contributed by atoms with Crippen LogP contribution in [-0.4, -0.2) is 31.2 Å². The summed E-state index contributed by atoms with van der Waals surface area (Å²) < 4.78 is -1.18. The Morgan fingerprint density at radius 3 is 2.15 bits per heavy atom. The highest BCUT2D eigenvalue weighted by Gasteiger charge is 2.72. The standard InChI is InChI=1S/C33H24BrN3O3/c34-32-22-19-23(33(40,21-13-5-2-6-14-21)25-16-8-10-18-36-25)28(29(32)30(38)37-31(32)39)27(22)26(20-11-3-1-4-12-20)24-15-7-9-17-35-24/h1-19,22,28-29,40H,(H,37,38,39). The van der Waals surface area contributed by atoms with Crippen molar-refractivity contribution in [1.29, 1.82) is 0 Å². The Morgan fingerprint density at radius 1 is 0.850 bits per heavy atom. The lowest BCUT2D eigenvalue weighted by atomic mass is 9.71. The number of pyridine rings is 2. The summed E-state index contributed by atoms with van der Waals surface area (Å²) in [4.78, 5) is 36.2. The van der Waals surface area contributed by atoms with E-state index < -0.39 is 27.7 Å². The van der Waals surface area contributed by atoms with E-state index in [1.54, 1.807) is 24.5 Å². The maximum absolute atomic E-state index is 13.5. The van der Waals surface area contributed by atoms with Crippen LogP contribution in [0.15, 0.2) is 127 Å². The molecule has 2 fully saturated rings. The van der Waals surface area contributed by atoms with E-state index in [4.69, 9.17) is 4.98 Å². The molecule has 0 spiro atoms. The van der Waals surface area contributed by atoms with Crippen LogP contribution in [0.25, 0.3) is 5.57 Å². The number of benzene rings is 2. The van der Waals surface area contributed by atoms with Crippen LogP contribution in [0, 0.1) is 17.8 Å². The molecule has 7 heteroatoms. The van der Waals surface area contributed by atoms with Crippen molar-refractivity contribution in [3.8, 4) is 0 Å². The third kappa shape index (κ3) is 3.37. The molecule has 2 aromatic carbocycles. The van der Waals surface area contributed by atoms with E-state index in [9.17, 15) is 14.7 Å². The van der Waals surface area contributed by atoms with Gasteiger partial charge < -0.3 is 5.11 Å². The summed E-state index contributed by atoms with van der Waals surface area (Å²) in [5, 5.41) is 15.3. The predicted molar refractivity (Wildman–Crippen MR) is 154 cm³/mol. The molecule has 2 bridgehead atoms. The molecule has 7 rings (SSSR count). The number of hydrogen-bond donors (Lipinski definition) is 2. The lowest BCUT2D eigenvalue weighted by Gasteiger charge is -2.37. The molecule has 196 valence electrons. The van der Waals surface area contributed by atoms with Crippen LogP contribution in [-0.2, 0) is 15.2 Å². The molecule has 0 radical (unpaired) electrons. The van der Waals surface area contributed by atoms with E-state index in [-0.39, 0.29) is 11.8 Å². The second-order valence-electron chi connectivity index (χ2n) is 10.3. The Balaban J connectivity index is 1.55. The average Bonchev–Trinajstić information content (AvgIpc) is 3.58. The van der Waals surface area contributed by atoms with Gasteiger partial charge in [0.2, 0.25) is 11.8 Å². The zero-order valence-electron chi connectivity index (χ0n) is 21.2. The summed E-state index contributed by atoms with van der Waals surface area (Å²) >= 11 is 3.77. The highest BCUT2D eigenvalue weighted by Crippen LogP contribution is 2.67. The van der Waals surface area contributed by atoms with Gasteiger partial charge in [-0.25, -0.2) is 0 Å². The second-order valence-corrected chi connectivity index (χ2v) is 11.7. The zero-order valence-corrected chi connectivity index (χ0v) is 22.8. The first-order valence-corrected chi connectivity index (χ1v) is 13.9. The molecule has 3 heterocycles. The molecule has 6 nitrogen and oxygen atoms in total. The number of hydrogen-bond acceptors (Lipinski definition) is 5. The minimum absolute atomic E-state index is 0.359. The first-order valence-electron chi connectivity index (χ1n) is 13.1. The van der Waals surface area contributed by atoms with Crippen molar-refractivity contribution < 1.29 is 14.7 Å². The summed E-state index contributed by atoms with van der Waals surface area (Å²) in [6.45, 7) is 0. The maximum atomic E-state index is 13.5. The average molecular weight is 590 g/mol. The molecule has 2 amide bonds. The van der Waals surface area contributed by atoms with Gasteiger partial charge in [-0.2, -0.15) is 0 Å². The molecule has 2 N–H and O–H groups in total. The number of aromatic nitrogens is 2. The van der Waals surface area contributed by atoms with Crippen LogP contribution in [0.2, 0.25) is 0 Å². The fourth-order valence-corrected chi connectivity index (χ4v) is 7.69. The molecule has 5 atom stereocenters. The van der Waals surface area contributed by atoms with Crippen molar-refractivity contribution in [2.45, 2.75) is 9.93 Å². The van der Waals surface area contributed by atoms with E-state index in [0.717, 1.165) is 22.4 Å². The number of alkyl halides is 1. The fraction of sp³-hybridized carbons (Fsp3) is 0.152. The van der Waals surface area contributed by atoms with Gasteiger partial charge in [-0.1, -0.05) is 94.8 Å². The quantitative estimate of drug-likeness (QED) is 0.198. The van der Waals surface area contributed by atoms with Crippen LogP contribution in [0.5, 0.6) is 0 Å². The molecule has 3 aliphatic rings. The van der Waals surface area contributed by atoms with Crippen LogP contribution in [0.1, 0.15) is 22.5 Å². The Bertz CT molecular complexity index is 1610. The number of amides is 2.